The lowest BCUT2D eigenvalue weighted by Crippen LogP contribution is -2.25. The second-order valence-electron chi connectivity index (χ2n) is 4.91. The Morgan fingerprint density at radius 2 is 2.28 bits per heavy atom. The zero-order valence-corrected chi connectivity index (χ0v) is 11.4. The van der Waals surface area contributed by atoms with Gasteiger partial charge in [-0.2, -0.15) is 0 Å². The highest BCUT2D eigenvalue weighted by atomic mass is 16.5. The molecule has 1 fully saturated rings. The van der Waals surface area contributed by atoms with E-state index in [0.717, 1.165) is 19.3 Å². The van der Waals surface area contributed by atoms with Crippen molar-refractivity contribution in [1.29, 1.82) is 0 Å². The van der Waals surface area contributed by atoms with Gasteiger partial charge >= 0.3 is 0 Å². The summed E-state index contributed by atoms with van der Waals surface area (Å²) in [6.07, 6.45) is 16.1. The molecule has 0 aromatic carbocycles. The van der Waals surface area contributed by atoms with Gasteiger partial charge < -0.3 is 9.84 Å². The van der Waals surface area contributed by atoms with Gasteiger partial charge in [0, 0.05) is 0 Å². The quantitative estimate of drug-likeness (QED) is 0.440. The monoisotopic (exact) mass is 246 g/mol. The second kappa shape index (κ2) is 8.18. The minimum atomic E-state index is -0.447. The Morgan fingerprint density at radius 1 is 1.50 bits per heavy atom. The third kappa shape index (κ3) is 4.72. The fraction of sp³-hybridized carbons (Fsp3) is 0.600. The van der Waals surface area contributed by atoms with Gasteiger partial charge in [0.2, 0.25) is 0 Å². The molecule has 1 N–H and O–H groups in total. The first-order valence-electron chi connectivity index (χ1n) is 6.78. The predicted molar refractivity (Wildman–Crippen MR) is 78.2 cm³/mol. The van der Waals surface area contributed by atoms with E-state index in [4.69, 9.17) is 11.2 Å². The summed E-state index contributed by atoms with van der Waals surface area (Å²) in [7, 11) is 2.19. The number of terminal acetylenes is 1. The zero-order chi connectivity index (χ0) is 13.4. The van der Waals surface area contributed by atoms with Crippen LogP contribution in [-0.4, -0.2) is 31.3 Å². The lowest BCUT2D eigenvalue weighted by atomic mass is 9.79. The molecule has 18 heavy (non-hydrogen) atoms. The number of hydrogen-bond acceptors (Lipinski definition) is 2. The van der Waals surface area contributed by atoms with Crippen molar-refractivity contribution >= 4 is 7.85 Å². The number of allylic oxidation sites excluding steroid dienone is 2. The van der Waals surface area contributed by atoms with Crippen LogP contribution in [0.1, 0.15) is 32.6 Å². The van der Waals surface area contributed by atoms with Crippen molar-refractivity contribution in [3.63, 3.8) is 0 Å². The topological polar surface area (TPSA) is 29.5 Å². The first-order valence-corrected chi connectivity index (χ1v) is 6.78. The molecule has 0 aromatic heterocycles. The molecule has 1 heterocycles. The second-order valence-corrected chi connectivity index (χ2v) is 4.91. The van der Waals surface area contributed by atoms with Gasteiger partial charge in [-0.1, -0.05) is 31.1 Å². The molecule has 0 saturated carbocycles. The van der Waals surface area contributed by atoms with Crippen LogP contribution in [0.25, 0.3) is 0 Å². The minimum absolute atomic E-state index is 0.0533. The molecule has 0 aliphatic carbocycles. The van der Waals surface area contributed by atoms with Crippen LogP contribution in [0.15, 0.2) is 24.3 Å². The highest BCUT2D eigenvalue weighted by Gasteiger charge is 2.34. The number of ether oxygens (including phenoxy) is 1. The number of aliphatic hydroxyl groups is 1. The van der Waals surface area contributed by atoms with Crippen molar-refractivity contribution in [1.82, 2.24) is 0 Å². The number of aliphatic hydroxyl groups excluding tert-OH is 1. The van der Waals surface area contributed by atoms with Gasteiger partial charge in [0.25, 0.3) is 0 Å². The third-order valence-electron chi connectivity index (χ3n) is 3.38. The molecule has 4 atom stereocenters. The molecular formula is C15H23BO2. The van der Waals surface area contributed by atoms with Gasteiger partial charge in [-0.15, -0.1) is 6.42 Å². The Kier molecular flexibility index (Phi) is 6.86. The maximum Gasteiger partial charge on any atom is 0.108 e. The molecule has 1 rings (SSSR count). The maximum absolute atomic E-state index is 10.0. The van der Waals surface area contributed by atoms with E-state index in [1.54, 1.807) is 6.08 Å². The largest absolute Gasteiger partial charge is 0.390 e. The Morgan fingerprint density at radius 3 is 2.94 bits per heavy atom. The molecule has 0 amide bonds. The summed E-state index contributed by atoms with van der Waals surface area (Å²) in [5.41, 5.74) is 0. The molecule has 1 saturated heterocycles. The lowest BCUT2D eigenvalue weighted by molar-refractivity contribution is -0.0312. The summed E-state index contributed by atoms with van der Waals surface area (Å²) < 4.78 is 5.93. The Bertz CT molecular complexity index is 330. The summed E-state index contributed by atoms with van der Waals surface area (Å²) in [4.78, 5) is 0. The summed E-state index contributed by atoms with van der Waals surface area (Å²) in [5.74, 6) is 2.93. The summed E-state index contributed by atoms with van der Waals surface area (Å²) in [5, 5.41) is 10.0. The highest BCUT2D eigenvalue weighted by molar-refractivity contribution is 6.12. The van der Waals surface area contributed by atoms with E-state index in [-0.39, 0.29) is 12.2 Å². The van der Waals surface area contributed by atoms with Crippen molar-refractivity contribution in [2.75, 3.05) is 0 Å². The number of hydrogen-bond donors (Lipinski definition) is 1. The average molecular weight is 246 g/mol. The fourth-order valence-electron chi connectivity index (χ4n) is 2.29. The van der Waals surface area contributed by atoms with Crippen LogP contribution in [0.4, 0.5) is 0 Å². The number of rotatable bonds is 6. The lowest BCUT2D eigenvalue weighted by Gasteiger charge is -2.17. The molecule has 2 nitrogen and oxygen atoms in total. The van der Waals surface area contributed by atoms with Gasteiger partial charge in [-0.3, -0.25) is 0 Å². The SMILES string of the molecule is B[C@H]1C[C@H]([C@H](O)C/C=C/C#C)OC1C/C=C/CC. The van der Waals surface area contributed by atoms with E-state index >= 15 is 0 Å². The van der Waals surface area contributed by atoms with Crippen LogP contribution < -0.4 is 0 Å². The Hall–Kier alpha value is -0.975. The summed E-state index contributed by atoms with van der Waals surface area (Å²) in [6.45, 7) is 2.12. The van der Waals surface area contributed by atoms with E-state index in [1.807, 2.05) is 6.08 Å². The molecule has 1 unspecified atom stereocenters. The molecule has 98 valence electrons. The standard InChI is InChI=1S/C15H23BO2/c1-3-5-7-9-13(17)15-11-12(16)14(18-15)10-8-6-4-2/h1,5-8,12-15,17H,4,9-11,16H2,2H3/b7-5+,8-6+/t12-,13+,14?,15+/m0/s1. The normalized spacial score (nSPS) is 29.9. The van der Waals surface area contributed by atoms with Crippen LogP contribution in [0.2, 0.25) is 5.82 Å². The van der Waals surface area contributed by atoms with Crippen molar-refractivity contribution in [3.05, 3.63) is 24.3 Å². The van der Waals surface area contributed by atoms with Crippen LogP contribution >= 0.6 is 0 Å². The van der Waals surface area contributed by atoms with Gasteiger partial charge in [0.15, 0.2) is 0 Å². The van der Waals surface area contributed by atoms with Crippen molar-refractivity contribution < 1.29 is 9.84 Å². The molecule has 1 aliphatic rings. The Labute approximate surface area is 112 Å². The van der Waals surface area contributed by atoms with Gasteiger partial charge in [0.05, 0.1) is 18.3 Å². The van der Waals surface area contributed by atoms with Crippen LogP contribution in [-0.2, 0) is 4.74 Å². The minimum Gasteiger partial charge on any atom is -0.390 e. The predicted octanol–water partition coefficient (Wildman–Crippen LogP) is 1.86. The van der Waals surface area contributed by atoms with Gasteiger partial charge in [0.1, 0.15) is 7.85 Å². The van der Waals surface area contributed by atoms with E-state index in [9.17, 15) is 5.11 Å². The third-order valence-corrected chi connectivity index (χ3v) is 3.38. The van der Waals surface area contributed by atoms with E-state index < -0.39 is 6.10 Å². The first-order chi connectivity index (χ1) is 8.69. The maximum atomic E-state index is 10.0. The molecule has 0 spiro atoms. The van der Waals surface area contributed by atoms with Crippen molar-refractivity contribution in [3.8, 4) is 12.3 Å². The van der Waals surface area contributed by atoms with E-state index in [1.165, 1.54) is 0 Å². The van der Waals surface area contributed by atoms with Crippen LogP contribution in [0, 0.1) is 12.3 Å². The molecule has 3 heteroatoms. The molecular weight excluding hydrogens is 223 g/mol. The van der Waals surface area contributed by atoms with Crippen molar-refractivity contribution in [2.24, 2.45) is 0 Å². The van der Waals surface area contributed by atoms with Gasteiger partial charge in [-0.05, 0) is 37.6 Å². The van der Waals surface area contributed by atoms with Crippen LogP contribution in [0.3, 0.4) is 0 Å². The first kappa shape index (κ1) is 15.1. The Balaban J connectivity index is 2.40. The summed E-state index contributed by atoms with van der Waals surface area (Å²) in [6, 6.07) is 0. The highest BCUT2D eigenvalue weighted by Crippen LogP contribution is 2.33. The molecule has 0 bridgehead atoms. The molecule has 0 aromatic rings. The smallest absolute Gasteiger partial charge is 0.108 e. The average Bonchev–Trinajstić information content (AvgIpc) is 2.72. The van der Waals surface area contributed by atoms with Crippen LogP contribution in [0.5, 0.6) is 0 Å². The molecule has 0 radical (unpaired) electrons. The van der Waals surface area contributed by atoms with E-state index in [0.29, 0.717) is 12.2 Å². The zero-order valence-electron chi connectivity index (χ0n) is 11.4. The van der Waals surface area contributed by atoms with Crippen molar-refractivity contribution in [2.45, 2.75) is 56.7 Å². The van der Waals surface area contributed by atoms with E-state index in [2.05, 4.69) is 32.8 Å². The van der Waals surface area contributed by atoms with Gasteiger partial charge in [-0.25, -0.2) is 0 Å². The fourth-order valence-corrected chi connectivity index (χ4v) is 2.29. The summed E-state index contributed by atoms with van der Waals surface area (Å²) >= 11 is 0. The molecule has 1 aliphatic heterocycles.